The van der Waals surface area contributed by atoms with E-state index in [-0.39, 0.29) is 30.4 Å². The lowest BCUT2D eigenvalue weighted by Crippen LogP contribution is -2.69. The fourth-order valence-corrected chi connectivity index (χ4v) is 6.62. The zero-order chi connectivity index (χ0) is 20.7. The number of aromatic nitrogens is 1. The summed E-state index contributed by atoms with van der Waals surface area (Å²) in [6.07, 6.45) is 8.72. The molecule has 1 aromatic rings. The van der Waals surface area contributed by atoms with Gasteiger partial charge in [-0.25, -0.2) is 4.98 Å². The van der Waals surface area contributed by atoms with Gasteiger partial charge in [0.05, 0.1) is 23.4 Å². The summed E-state index contributed by atoms with van der Waals surface area (Å²) in [5, 5.41) is 15.2. The number of carbonyl (C=O) groups excluding carboxylic acids is 2. The van der Waals surface area contributed by atoms with Crippen molar-refractivity contribution < 1.29 is 14.7 Å². The number of carbonyl (C=O) groups is 2. The molecule has 7 nitrogen and oxygen atoms in total. The molecule has 2 amide bonds. The van der Waals surface area contributed by atoms with Gasteiger partial charge in [0, 0.05) is 43.4 Å². The second-order valence-corrected chi connectivity index (χ2v) is 10.2. The number of rotatable bonds is 5. The molecule has 1 aromatic heterocycles. The maximum atomic E-state index is 13.6. The van der Waals surface area contributed by atoms with Crippen LogP contribution in [-0.4, -0.2) is 69.0 Å². The third kappa shape index (κ3) is 3.59. The van der Waals surface area contributed by atoms with Gasteiger partial charge in [-0.15, -0.1) is 11.3 Å². The van der Waals surface area contributed by atoms with Crippen LogP contribution < -0.4 is 5.32 Å². The van der Waals surface area contributed by atoms with Crippen LogP contribution in [0.4, 0.5) is 0 Å². The first kappa shape index (κ1) is 20.2. The molecular formula is C22H30N4O3S. The Morgan fingerprint density at radius 2 is 2.10 bits per heavy atom. The van der Waals surface area contributed by atoms with E-state index in [4.69, 9.17) is 0 Å². The SMILES string of the molecule is O=C(NC1(CO)CC=CC1)[C@H]1[C@H]2C[C@H](CN(Cc3cscn3)C2)[C@@H]2CCCC(=O)N21. The minimum atomic E-state index is -0.614. The maximum absolute atomic E-state index is 13.6. The fraction of sp³-hybridized carbons (Fsp3) is 0.682. The molecule has 8 heteroatoms. The van der Waals surface area contributed by atoms with Crippen molar-refractivity contribution in [2.24, 2.45) is 11.8 Å². The van der Waals surface area contributed by atoms with E-state index in [2.05, 4.69) is 20.6 Å². The van der Waals surface area contributed by atoms with Crippen LogP contribution in [0.15, 0.2) is 23.0 Å². The quantitative estimate of drug-likeness (QED) is 0.692. The van der Waals surface area contributed by atoms with Gasteiger partial charge in [-0.2, -0.15) is 0 Å². The van der Waals surface area contributed by atoms with Crippen LogP contribution in [-0.2, 0) is 16.1 Å². The molecule has 3 aliphatic heterocycles. The van der Waals surface area contributed by atoms with Crippen molar-refractivity contribution in [2.45, 2.75) is 62.7 Å². The summed E-state index contributed by atoms with van der Waals surface area (Å²) in [7, 11) is 0. The highest BCUT2D eigenvalue weighted by Gasteiger charge is 2.52. The summed E-state index contributed by atoms with van der Waals surface area (Å²) >= 11 is 1.61. The molecule has 4 heterocycles. The van der Waals surface area contributed by atoms with E-state index >= 15 is 0 Å². The van der Waals surface area contributed by atoms with E-state index in [0.29, 0.717) is 25.2 Å². The van der Waals surface area contributed by atoms with E-state index < -0.39 is 11.6 Å². The van der Waals surface area contributed by atoms with Crippen LogP contribution in [0.25, 0.3) is 0 Å². The van der Waals surface area contributed by atoms with Crippen molar-refractivity contribution in [3.8, 4) is 0 Å². The number of amides is 2. The minimum absolute atomic E-state index is 0.0842. The molecule has 0 aromatic carbocycles. The van der Waals surface area contributed by atoms with Gasteiger partial charge in [0.15, 0.2) is 0 Å². The Labute approximate surface area is 181 Å². The van der Waals surface area contributed by atoms with Gasteiger partial charge < -0.3 is 15.3 Å². The van der Waals surface area contributed by atoms with Crippen LogP contribution in [0.2, 0.25) is 0 Å². The molecule has 2 N–H and O–H groups in total. The fourth-order valence-electron chi connectivity index (χ4n) is 6.07. The van der Waals surface area contributed by atoms with Crippen LogP contribution >= 0.6 is 11.3 Å². The molecule has 0 saturated carbocycles. The first-order valence-corrected chi connectivity index (χ1v) is 12.0. The highest BCUT2D eigenvalue weighted by Crippen LogP contribution is 2.42. The van der Waals surface area contributed by atoms with Crippen molar-refractivity contribution in [3.05, 3.63) is 28.7 Å². The van der Waals surface area contributed by atoms with Gasteiger partial charge in [-0.1, -0.05) is 12.2 Å². The zero-order valence-electron chi connectivity index (χ0n) is 17.2. The number of hydrogen-bond acceptors (Lipinski definition) is 6. The van der Waals surface area contributed by atoms with E-state index in [1.807, 2.05) is 22.6 Å². The Bertz CT molecular complexity index is 818. The van der Waals surface area contributed by atoms with Gasteiger partial charge >= 0.3 is 0 Å². The monoisotopic (exact) mass is 430 g/mol. The van der Waals surface area contributed by atoms with Crippen molar-refractivity contribution in [3.63, 3.8) is 0 Å². The van der Waals surface area contributed by atoms with Crippen LogP contribution in [0.3, 0.4) is 0 Å². The third-order valence-corrected chi connectivity index (χ3v) is 8.06. The molecule has 0 unspecified atom stereocenters. The summed E-state index contributed by atoms with van der Waals surface area (Å²) < 4.78 is 0. The standard InChI is InChI=1S/C22H30N4O3S/c27-13-22(6-1-2-7-22)24-21(29)20-16-8-15(18-4-3-5-19(28)26(18)20)9-25(10-16)11-17-12-30-14-23-17/h1-2,12,14-16,18,20,27H,3-11,13H2,(H,24,29)/t15-,16+,18+,20-/m1/s1. The molecule has 5 rings (SSSR count). The summed E-state index contributed by atoms with van der Waals surface area (Å²) in [6.45, 7) is 2.48. The second kappa shape index (κ2) is 8.05. The minimum Gasteiger partial charge on any atom is -0.394 e. The Balaban J connectivity index is 1.40. The second-order valence-electron chi connectivity index (χ2n) is 9.44. The molecule has 4 atom stereocenters. The zero-order valence-corrected chi connectivity index (χ0v) is 18.0. The Morgan fingerprint density at radius 3 is 2.83 bits per heavy atom. The molecule has 30 heavy (non-hydrogen) atoms. The van der Waals surface area contributed by atoms with Crippen molar-refractivity contribution in [1.29, 1.82) is 0 Å². The number of aliphatic hydroxyl groups excluding tert-OH is 1. The lowest BCUT2D eigenvalue weighted by molar-refractivity contribution is -0.161. The first-order chi connectivity index (χ1) is 14.6. The number of thiazole rings is 1. The van der Waals surface area contributed by atoms with E-state index in [0.717, 1.165) is 44.6 Å². The van der Waals surface area contributed by atoms with Crippen LogP contribution in [0.1, 0.15) is 44.2 Å². The topological polar surface area (TPSA) is 85.8 Å². The maximum Gasteiger partial charge on any atom is 0.243 e. The predicted octanol–water partition coefficient (Wildman–Crippen LogP) is 1.54. The summed E-state index contributed by atoms with van der Waals surface area (Å²) in [5.41, 5.74) is 2.33. The van der Waals surface area contributed by atoms with Gasteiger partial charge in [0.25, 0.3) is 0 Å². The Kier molecular flexibility index (Phi) is 5.41. The number of piperidine rings is 3. The van der Waals surface area contributed by atoms with E-state index in [1.165, 1.54) is 0 Å². The normalized spacial score (nSPS) is 32.8. The summed E-state index contributed by atoms with van der Waals surface area (Å²) in [4.78, 5) is 35.3. The van der Waals surface area contributed by atoms with Gasteiger partial charge in [0.1, 0.15) is 6.04 Å². The number of fused-ring (bicyclic) bond motifs is 4. The largest absolute Gasteiger partial charge is 0.394 e. The van der Waals surface area contributed by atoms with Gasteiger partial charge in [0.2, 0.25) is 11.8 Å². The Hall–Kier alpha value is -1.77. The Morgan fingerprint density at radius 1 is 1.30 bits per heavy atom. The van der Waals surface area contributed by atoms with Crippen molar-refractivity contribution in [1.82, 2.24) is 20.1 Å². The highest BCUT2D eigenvalue weighted by molar-refractivity contribution is 7.07. The predicted molar refractivity (Wildman–Crippen MR) is 114 cm³/mol. The third-order valence-electron chi connectivity index (χ3n) is 7.43. The van der Waals surface area contributed by atoms with E-state index in [1.54, 1.807) is 11.3 Å². The number of nitrogens with zero attached hydrogens (tertiary/aromatic N) is 3. The van der Waals surface area contributed by atoms with Crippen molar-refractivity contribution in [2.75, 3.05) is 19.7 Å². The van der Waals surface area contributed by atoms with Gasteiger partial charge in [-0.05, 0) is 38.0 Å². The molecule has 1 aliphatic carbocycles. The first-order valence-electron chi connectivity index (χ1n) is 11.1. The molecule has 3 fully saturated rings. The molecule has 2 bridgehead atoms. The number of nitrogens with one attached hydrogen (secondary N) is 1. The average molecular weight is 431 g/mol. The number of hydrogen-bond donors (Lipinski definition) is 2. The highest BCUT2D eigenvalue weighted by atomic mass is 32.1. The van der Waals surface area contributed by atoms with Crippen LogP contribution in [0, 0.1) is 11.8 Å². The summed E-state index contributed by atoms with van der Waals surface area (Å²) in [6, 6.07) is -0.301. The molecule has 162 valence electrons. The number of likely N-dealkylation sites (tertiary alicyclic amines) is 1. The van der Waals surface area contributed by atoms with E-state index in [9.17, 15) is 14.7 Å². The smallest absolute Gasteiger partial charge is 0.243 e. The molecule has 0 radical (unpaired) electrons. The van der Waals surface area contributed by atoms with Crippen LogP contribution in [0.5, 0.6) is 0 Å². The summed E-state index contributed by atoms with van der Waals surface area (Å²) in [5.74, 6) is 0.560. The molecular weight excluding hydrogens is 400 g/mol. The molecule has 0 spiro atoms. The molecule has 4 aliphatic rings. The number of aliphatic hydroxyl groups is 1. The van der Waals surface area contributed by atoms with Gasteiger partial charge in [-0.3, -0.25) is 14.5 Å². The molecule has 3 saturated heterocycles. The van der Waals surface area contributed by atoms with Crippen molar-refractivity contribution >= 4 is 23.2 Å². The lowest BCUT2D eigenvalue weighted by Gasteiger charge is -2.56. The average Bonchev–Trinajstić information content (AvgIpc) is 3.41. The lowest BCUT2D eigenvalue weighted by atomic mass is 9.71.